The predicted octanol–water partition coefficient (Wildman–Crippen LogP) is 1.24. The van der Waals surface area contributed by atoms with Gasteiger partial charge in [-0.2, -0.15) is 0 Å². The summed E-state index contributed by atoms with van der Waals surface area (Å²) >= 11 is 0. The first-order chi connectivity index (χ1) is 9.11. The van der Waals surface area contributed by atoms with Gasteiger partial charge in [-0.15, -0.1) is 10.2 Å². The number of aromatic nitrogens is 4. The Hall–Kier alpha value is -2.44. The van der Waals surface area contributed by atoms with Gasteiger partial charge in [0, 0.05) is 12.5 Å². The van der Waals surface area contributed by atoms with Crippen molar-refractivity contribution in [3.63, 3.8) is 0 Å². The van der Waals surface area contributed by atoms with Crippen molar-refractivity contribution in [2.75, 3.05) is 5.73 Å². The number of anilines is 1. The van der Waals surface area contributed by atoms with Crippen molar-refractivity contribution in [1.82, 2.24) is 19.6 Å². The molecule has 0 radical (unpaired) electrons. The lowest BCUT2D eigenvalue weighted by molar-refractivity contribution is 0.633. The highest BCUT2D eigenvalue weighted by Crippen LogP contribution is 2.20. The average molecular weight is 261 g/mol. The highest BCUT2D eigenvalue weighted by molar-refractivity contribution is 5.81. The molecule has 7 heteroatoms. The lowest BCUT2D eigenvalue weighted by atomic mass is 10.2. The van der Waals surface area contributed by atoms with Gasteiger partial charge in [-0.05, 0) is 12.5 Å². The zero-order valence-corrected chi connectivity index (χ0v) is 10.3. The average Bonchev–Trinajstić information content (AvgIpc) is 2.78. The zero-order valence-electron chi connectivity index (χ0n) is 10.3. The van der Waals surface area contributed by atoms with E-state index in [9.17, 15) is 9.18 Å². The second kappa shape index (κ2) is 4.04. The first-order valence-corrected chi connectivity index (χ1v) is 5.97. The number of nitrogens with zero attached hydrogens (tertiary/aromatic N) is 3. The lowest BCUT2D eigenvalue weighted by Gasteiger charge is -2.05. The fraction of sp³-hybridized carbons (Fsp3) is 0.250. The Kier molecular flexibility index (Phi) is 2.48. The minimum absolute atomic E-state index is 0.0250. The maximum absolute atomic E-state index is 13.5. The van der Waals surface area contributed by atoms with Gasteiger partial charge < -0.3 is 10.7 Å². The van der Waals surface area contributed by atoms with Crippen molar-refractivity contribution >= 4 is 22.4 Å². The summed E-state index contributed by atoms with van der Waals surface area (Å²) in [7, 11) is 0. The largest absolute Gasteiger partial charge is 0.396 e. The summed E-state index contributed by atoms with van der Waals surface area (Å²) in [5.41, 5.74) is 6.39. The third-order valence-corrected chi connectivity index (χ3v) is 3.01. The Balaban J connectivity index is 2.51. The van der Waals surface area contributed by atoms with Crippen LogP contribution in [0.15, 0.2) is 16.9 Å². The van der Waals surface area contributed by atoms with Crippen molar-refractivity contribution in [1.29, 1.82) is 0 Å². The van der Waals surface area contributed by atoms with Crippen LogP contribution in [0.25, 0.3) is 16.7 Å². The van der Waals surface area contributed by atoms with Gasteiger partial charge in [0.25, 0.3) is 5.56 Å². The number of H-pyrrole nitrogens is 1. The third-order valence-electron chi connectivity index (χ3n) is 3.01. The van der Waals surface area contributed by atoms with Crippen LogP contribution in [0.1, 0.15) is 19.2 Å². The van der Waals surface area contributed by atoms with Gasteiger partial charge in [-0.3, -0.25) is 9.20 Å². The van der Waals surface area contributed by atoms with Crippen LogP contribution in [-0.2, 0) is 6.42 Å². The van der Waals surface area contributed by atoms with E-state index in [1.54, 1.807) is 4.40 Å². The number of rotatable bonds is 2. The highest BCUT2D eigenvalue weighted by atomic mass is 19.1. The Morgan fingerprint density at radius 2 is 2.21 bits per heavy atom. The molecule has 0 atom stereocenters. The maximum Gasteiger partial charge on any atom is 0.294 e. The molecular formula is C12H12FN5O. The maximum atomic E-state index is 13.5. The molecule has 2 aromatic heterocycles. The molecule has 3 aromatic rings. The van der Waals surface area contributed by atoms with E-state index in [2.05, 4.69) is 15.2 Å². The Bertz CT molecular complexity index is 835. The molecule has 0 aliphatic heterocycles. The summed E-state index contributed by atoms with van der Waals surface area (Å²) < 4.78 is 15.1. The number of aryl methyl sites for hydroxylation is 1. The minimum Gasteiger partial charge on any atom is -0.396 e. The molecule has 0 unspecified atom stereocenters. The highest BCUT2D eigenvalue weighted by Gasteiger charge is 2.13. The Morgan fingerprint density at radius 3 is 2.95 bits per heavy atom. The number of nitrogen functional groups attached to an aromatic ring is 1. The second-order valence-electron chi connectivity index (χ2n) is 4.37. The van der Waals surface area contributed by atoms with Crippen LogP contribution in [-0.4, -0.2) is 19.6 Å². The van der Waals surface area contributed by atoms with Crippen LogP contribution in [0.2, 0.25) is 0 Å². The van der Waals surface area contributed by atoms with Crippen LogP contribution in [0.4, 0.5) is 10.1 Å². The quantitative estimate of drug-likeness (QED) is 0.679. The van der Waals surface area contributed by atoms with E-state index in [-0.39, 0.29) is 11.3 Å². The number of benzene rings is 1. The first-order valence-electron chi connectivity index (χ1n) is 5.97. The van der Waals surface area contributed by atoms with Gasteiger partial charge in [0.15, 0.2) is 0 Å². The second-order valence-corrected chi connectivity index (χ2v) is 4.37. The molecule has 3 rings (SSSR count). The van der Waals surface area contributed by atoms with Crippen molar-refractivity contribution in [3.8, 4) is 0 Å². The monoisotopic (exact) mass is 261 g/mol. The van der Waals surface area contributed by atoms with E-state index in [4.69, 9.17) is 5.73 Å². The van der Waals surface area contributed by atoms with E-state index < -0.39 is 11.4 Å². The van der Waals surface area contributed by atoms with Crippen LogP contribution in [0.3, 0.4) is 0 Å². The molecule has 0 spiro atoms. The SMILES string of the molecule is CCCc1nnc2c(=O)[nH]c3cc(F)c(N)cc3n12. The molecule has 98 valence electrons. The van der Waals surface area contributed by atoms with Gasteiger partial charge in [0.2, 0.25) is 5.65 Å². The van der Waals surface area contributed by atoms with Gasteiger partial charge >= 0.3 is 0 Å². The molecule has 3 N–H and O–H groups in total. The minimum atomic E-state index is -0.562. The van der Waals surface area contributed by atoms with Crippen LogP contribution >= 0.6 is 0 Å². The number of aromatic amines is 1. The standard InChI is InChI=1S/C12H12FN5O/c1-2-3-10-16-17-11-12(19)15-8-4-6(13)7(14)5-9(8)18(10)11/h4-5H,2-3,14H2,1H3,(H,15,19). The van der Waals surface area contributed by atoms with E-state index in [0.29, 0.717) is 23.3 Å². The molecule has 2 heterocycles. The van der Waals surface area contributed by atoms with E-state index in [1.807, 2.05) is 6.92 Å². The van der Waals surface area contributed by atoms with Crippen molar-refractivity contribution in [2.24, 2.45) is 0 Å². The fourth-order valence-electron chi connectivity index (χ4n) is 2.14. The summed E-state index contributed by atoms with van der Waals surface area (Å²) in [5, 5.41) is 7.88. The van der Waals surface area contributed by atoms with Crippen molar-refractivity contribution in [3.05, 3.63) is 34.1 Å². The molecular weight excluding hydrogens is 249 g/mol. The molecule has 0 saturated carbocycles. The van der Waals surface area contributed by atoms with E-state index >= 15 is 0 Å². The third kappa shape index (κ3) is 1.66. The molecule has 0 saturated heterocycles. The van der Waals surface area contributed by atoms with E-state index in [1.165, 1.54) is 12.1 Å². The van der Waals surface area contributed by atoms with Crippen molar-refractivity contribution < 1.29 is 4.39 Å². The summed E-state index contributed by atoms with van der Waals surface area (Å²) in [6, 6.07) is 2.69. The van der Waals surface area contributed by atoms with Crippen LogP contribution in [0.5, 0.6) is 0 Å². The number of hydrogen-bond donors (Lipinski definition) is 2. The number of halogens is 1. The summed E-state index contributed by atoms with van der Waals surface area (Å²) in [6.45, 7) is 2.00. The molecule has 0 aliphatic carbocycles. The molecule has 0 aliphatic rings. The first kappa shape index (κ1) is 11.6. The Labute approximate surface area is 107 Å². The molecule has 1 aromatic carbocycles. The normalized spacial score (nSPS) is 11.5. The molecule has 0 bridgehead atoms. The predicted molar refractivity (Wildman–Crippen MR) is 69.5 cm³/mol. The molecule has 19 heavy (non-hydrogen) atoms. The molecule has 0 amide bonds. The Morgan fingerprint density at radius 1 is 1.42 bits per heavy atom. The van der Waals surface area contributed by atoms with E-state index in [0.717, 1.165) is 6.42 Å². The van der Waals surface area contributed by atoms with Gasteiger partial charge in [-0.1, -0.05) is 6.92 Å². The number of hydrogen-bond acceptors (Lipinski definition) is 4. The number of nitrogens with one attached hydrogen (secondary N) is 1. The zero-order chi connectivity index (χ0) is 13.6. The lowest BCUT2D eigenvalue weighted by Crippen LogP contribution is -2.12. The number of fused-ring (bicyclic) bond motifs is 3. The van der Waals surface area contributed by atoms with Crippen LogP contribution in [0, 0.1) is 5.82 Å². The molecule has 0 fully saturated rings. The van der Waals surface area contributed by atoms with Crippen LogP contribution < -0.4 is 11.3 Å². The molecule has 6 nitrogen and oxygen atoms in total. The van der Waals surface area contributed by atoms with Gasteiger partial charge in [-0.25, -0.2) is 4.39 Å². The van der Waals surface area contributed by atoms with Crippen molar-refractivity contribution in [2.45, 2.75) is 19.8 Å². The summed E-state index contributed by atoms with van der Waals surface area (Å²) in [4.78, 5) is 14.5. The smallest absolute Gasteiger partial charge is 0.294 e. The van der Waals surface area contributed by atoms with Gasteiger partial charge in [0.05, 0.1) is 16.7 Å². The topological polar surface area (TPSA) is 89.1 Å². The summed E-state index contributed by atoms with van der Waals surface area (Å²) in [5.74, 6) is 0.104. The fourth-order valence-corrected chi connectivity index (χ4v) is 2.14. The van der Waals surface area contributed by atoms with Gasteiger partial charge in [0.1, 0.15) is 11.6 Å². The number of nitrogens with two attached hydrogens (primary N) is 1. The summed E-state index contributed by atoms with van der Waals surface area (Å²) in [6.07, 6.45) is 1.54.